The van der Waals surface area contributed by atoms with Gasteiger partial charge in [0.2, 0.25) is 12.3 Å². The molecule has 5 rings (SSSR count). The van der Waals surface area contributed by atoms with Crippen LogP contribution in [0.4, 0.5) is 17.1 Å². The zero-order chi connectivity index (χ0) is 18.9. The Kier molecular flexibility index (Phi) is 3.94. The molecule has 2 heterocycles. The van der Waals surface area contributed by atoms with E-state index in [1.54, 1.807) is 0 Å². The van der Waals surface area contributed by atoms with E-state index in [2.05, 4.69) is 63.4 Å². The largest absolute Gasteiger partial charge is 0.457 e. The first-order valence-electron chi connectivity index (χ1n) is 9.00. The number of para-hydroxylation sites is 2. The van der Waals surface area contributed by atoms with Crippen molar-refractivity contribution in [3.63, 3.8) is 0 Å². The number of nitrogens with zero attached hydrogens (tertiary/aromatic N) is 4. The average Bonchev–Trinajstić information content (AvgIpc) is 3.38. The van der Waals surface area contributed by atoms with Gasteiger partial charge in [0, 0.05) is 24.4 Å². The van der Waals surface area contributed by atoms with Gasteiger partial charge < -0.3 is 19.0 Å². The van der Waals surface area contributed by atoms with E-state index in [-0.39, 0.29) is 0 Å². The maximum Gasteiger partial charge on any atom is 0.247 e. The zero-order valence-corrected chi connectivity index (χ0v) is 15.3. The van der Waals surface area contributed by atoms with E-state index in [9.17, 15) is 0 Å². The van der Waals surface area contributed by atoms with Crippen molar-refractivity contribution in [1.29, 1.82) is 0 Å². The molecule has 0 unspecified atom stereocenters. The second kappa shape index (κ2) is 6.74. The van der Waals surface area contributed by atoms with Crippen LogP contribution in [-0.2, 0) is 0 Å². The molecule has 0 atom stereocenters. The van der Waals surface area contributed by atoms with Gasteiger partial charge in [-0.25, -0.2) is 0 Å². The lowest BCUT2D eigenvalue weighted by atomic mass is 10.2. The van der Waals surface area contributed by atoms with Gasteiger partial charge in [-0.3, -0.25) is 0 Å². The zero-order valence-electron chi connectivity index (χ0n) is 15.3. The van der Waals surface area contributed by atoms with Gasteiger partial charge in [0.1, 0.15) is 11.5 Å². The van der Waals surface area contributed by atoms with Crippen LogP contribution in [0.1, 0.15) is 0 Å². The Morgan fingerprint density at radius 3 is 2.50 bits per heavy atom. The molecule has 0 N–H and O–H groups in total. The molecule has 0 bridgehead atoms. The molecule has 0 saturated carbocycles. The Hall–Kier alpha value is -3.80. The lowest BCUT2D eigenvalue weighted by Gasteiger charge is -2.20. The number of aromatic nitrogens is 2. The van der Waals surface area contributed by atoms with Crippen LogP contribution in [0.2, 0.25) is 0 Å². The summed E-state index contributed by atoms with van der Waals surface area (Å²) in [5, 5.41) is 7.67. The minimum Gasteiger partial charge on any atom is -0.457 e. The third-order valence-electron chi connectivity index (χ3n) is 4.74. The summed E-state index contributed by atoms with van der Waals surface area (Å²) in [6.45, 7) is 0.801. The summed E-state index contributed by atoms with van der Waals surface area (Å²) in [6.07, 6.45) is 1.32. The Morgan fingerprint density at radius 1 is 0.893 bits per heavy atom. The third kappa shape index (κ3) is 2.95. The van der Waals surface area contributed by atoms with Gasteiger partial charge in [-0.1, -0.05) is 24.3 Å². The van der Waals surface area contributed by atoms with E-state index in [4.69, 9.17) is 9.15 Å². The van der Waals surface area contributed by atoms with Gasteiger partial charge in [-0.15, -0.1) is 10.2 Å². The summed E-state index contributed by atoms with van der Waals surface area (Å²) in [5.41, 5.74) is 4.32. The standard InChI is InChI=1S/C22H18N4O2/c1-25-15-26(21-11-3-2-10-20(21)25)17-7-5-9-19(13-17)28-18-8-4-6-16(12-18)22-24-23-14-27-22/h2-14H,15H2,1H3. The van der Waals surface area contributed by atoms with Crippen LogP contribution in [0.3, 0.4) is 0 Å². The van der Waals surface area contributed by atoms with E-state index in [1.807, 2.05) is 36.4 Å². The second-order valence-corrected chi connectivity index (χ2v) is 6.63. The number of benzene rings is 3. The number of hydrogen-bond acceptors (Lipinski definition) is 6. The number of anilines is 3. The quantitative estimate of drug-likeness (QED) is 0.500. The fourth-order valence-corrected chi connectivity index (χ4v) is 3.44. The van der Waals surface area contributed by atoms with Crippen molar-refractivity contribution in [3.05, 3.63) is 79.2 Å². The lowest BCUT2D eigenvalue weighted by Crippen LogP contribution is -2.23. The predicted molar refractivity (Wildman–Crippen MR) is 108 cm³/mol. The van der Waals surface area contributed by atoms with Gasteiger partial charge in [0.15, 0.2) is 0 Å². The fourth-order valence-electron chi connectivity index (χ4n) is 3.44. The van der Waals surface area contributed by atoms with Crippen molar-refractivity contribution in [3.8, 4) is 23.0 Å². The minimum atomic E-state index is 0.468. The molecule has 1 aromatic heterocycles. The second-order valence-electron chi connectivity index (χ2n) is 6.63. The van der Waals surface area contributed by atoms with Gasteiger partial charge in [0.25, 0.3) is 0 Å². The van der Waals surface area contributed by atoms with E-state index >= 15 is 0 Å². The van der Waals surface area contributed by atoms with Crippen LogP contribution in [0, 0.1) is 0 Å². The monoisotopic (exact) mass is 370 g/mol. The van der Waals surface area contributed by atoms with E-state index < -0.39 is 0 Å². The molecule has 0 amide bonds. The number of rotatable bonds is 4. The maximum absolute atomic E-state index is 6.10. The minimum absolute atomic E-state index is 0.468. The molecule has 0 spiro atoms. The molecule has 0 saturated heterocycles. The molecule has 138 valence electrons. The summed E-state index contributed by atoms with van der Waals surface area (Å²) in [4.78, 5) is 4.51. The molecule has 1 aliphatic rings. The SMILES string of the molecule is CN1CN(c2cccc(Oc3cccc(-c4nnco4)c3)c2)c2ccccc21. The van der Waals surface area contributed by atoms with Gasteiger partial charge in [-0.05, 0) is 42.5 Å². The number of fused-ring (bicyclic) bond motifs is 1. The predicted octanol–water partition coefficient (Wildman–Crippen LogP) is 5.07. The van der Waals surface area contributed by atoms with Crippen molar-refractivity contribution in [1.82, 2.24) is 10.2 Å². The molecule has 28 heavy (non-hydrogen) atoms. The topological polar surface area (TPSA) is 54.6 Å². The highest BCUT2D eigenvalue weighted by atomic mass is 16.5. The molecule has 0 fully saturated rings. The van der Waals surface area contributed by atoms with E-state index in [0.717, 1.165) is 23.7 Å². The van der Waals surface area contributed by atoms with Crippen molar-refractivity contribution < 1.29 is 9.15 Å². The van der Waals surface area contributed by atoms with Crippen LogP contribution in [0.15, 0.2) is 83.6 Å². The molecule has 6 nitrogen and oxygen atoms in total. The normalized spacial score (nSPS) is 12.9. The highest BCUT2D eigenvalue weighted by molar-refractivity contribution is 5.82. The molecular weight excluding hydrogens is 352 g/mol. The Balaban J connectivity index is 1.42. The van der Waals surface area contributed by atoms with Gasteiger partial charge >= 0.3 is 0 Å². The molecular formula is C22H18N4O2. The highest BCUT2D eigenvalue weighted by Gasteiger charge is 2.24. The number of ether oxygens (including phenoxy) is 1. The van der Waals surface area contributed by atoms with Crippen molar-refractivity contribution >= 4 is 17.1 Å². The lowest BCUT2D eigenvalue weighted by molar-refractivity contribution is 0.482. The van der Waals surface area contributed by atoms with E-state index in [1.165, 1.54) is 17.8 Å². The van der Waals surface area contributed by atoms with Crippen molar-refractivity contribution in [2.24, 2.45) is 0 Å². The van der Waals surface area contributed by atoms with Crippen molar-refractivity contribution in [2.45, 2.75) is 0 Å². The Bertz CT molecular complexity index is 1110. The molecule has 0 radical (unpaired) electrons. The summed E-state index contributed by atoms with van der Waals surface area (Å²) in [6, 6.07) is 24.1. The van der Waals surface area contributed by atoms with E-state index in [0.29, 0.717) is 11.6 Å². The van der Waals surface area contributed by atoms with Gasteiger partial charge in [0.05, 0.1) is 18.0 Å². The molecule has 3 aromatic carbocycles. The van der Waals surface area contributed by atoms with Crippen LogP contribution < -0.4 is 14.5 Å². The first-order valence-corrected chi connectivity index (χ1v) is 9.00. The summed E-state index contributed by atoms with van der Waals surface area (Å²) in [5.74, 6) is 1.95. The summed E-state index contributed by atoms with van der Waals surface area (Å²) in [7, 11) is 2.10. The smallest absolute Gasteiger partial charge is 0.247 e. The molecule has 0 aliphatic carbocycles. The van der Waals surface area contributed by atoms with Crippen molar-refractivity contribution in [2.75, 3.05) is 23.5 Å². The van der Waals surface area contributed by atoms with Crippen LogP contribution in [-0.4, -0.2) is 23.9 Å². The Morgan fingerprint density at radius 2 is 1.68 bits per heavy atom. The fraction of sp³-hybridized carbons (Fsp3) is 0.0909. The van der Waals surface area contributed by atoms with Gasteiger partial charge in [-0.2, -0.15) is 0 Å². The molecule has 6 heteroatoms. The summed E-state index contributed by atoms with van der Waals surface area (Å²) < 4.78 is 11.4. The third-order valence-corrected chi connectivity index (χ3v) is 4.74. The van der Waals surface area contributed by atoms with Crippen LogP contribution >= 0.6 is 0 Å². The molecule has 4 aromatic rings. The molecule has 1 aliphatic heterocycles. The van der Waals surface area contributed by atoms with Crippen LogP contribution in [0.25, 0.3) is 11.5 Å². The first-order chi connectivity index (χ1) is 13.8. The number of hydrogen-bond donors (Lipinski definition) is 0. The van der Waals surface area contributed by atoms with Crippen LogP contribution in [0.5, 0.6) is 11.5 Å². The first kappa shape index (κ1) is 16.4. The highest BCUT2D eigenvalue weighted by Crippen LogP contribution is 2.40. The maximum atomic E-state index is 6.10. The average molecular weight is 370 g/mol. The summed E-state index contributed by atoms with van der Waals surface area (Å²) >= 11 is 0. The Labute approximate surface area is 162 Å².